The fourth-order valence-corrected chi connectivity index (χ4v) is 3.21. The summed E-state index contributed by atoms with van der Waals surface area (Å²) in [6.45, 7) is 0.238. The van der Waals surface area contributed by atoms with Gasteiger partial charge >= 0.3 is 5.69 Å². The molecule has 0 saturated heterocycles. The van der Waals surface area contributed by atoms with Gasteiger partial charge in [0.05, 0.1) is 17.3 Å². The zero-order valence-electron chi connectivity index (χ0n) is 13.3. The molecule has 0 N–H and O–H groups in total. The molecule has 4 rings (SSSR count). The first-order chi connectivity index (χ1) is 11.9. The van der Waals surface area contributed by atoms with Crippen molar-refractivity contribution in [3.63, 3.8) is 0 Å². The van der Waals surface area contributed by atoms with E-state index in [2.05, 4.69) is 9.97 Å². The molecule has 0 radical (unpaired) electrons. The predicted molar refractivity (Wildman–Crippen MR) is 94.5 cm³/mol. The van der Waals surface area contributed by atoms with E-state index in [9.17, 15) is 9.59 Å². The Balaban J connectivity index is 1.93. The highest BCUT2D eigenvalue weighted by molar-refractivity contribution is 6.30. The average Bonchev–Trinajstić information content (AvgIpc) is 3.12. The van der Waals surface area contributed by atoms with Crippen molar-refractivity contribution in [3.05, 3.63) is 61.4 Å². The molecular weight excluding hydrogens is 367 g/mol. The number of aromatic nitrogens is 6. The minimum absolute atomic E-state index is 0.114. The van der Waals surface area contributed by atoms with E-state index < -0.39 is 11.2 Å². The minimum atomic E-state index is -0.457. The lowest BCUT2D eigenvalue weighted by atomic mass is 10.4. The van der Waals surface area contributed by atoms with Crippen LogP contribution in [-0.4, -0.2) is 28.1 Å². The van der Waals surface area contributed by atoms with Gasteiger partial charge in [-0.05, 0) is 23.7 Å². The van der Waals surface area contributed by atoms with E-state index in [1.807, 2.05) is 0 Å². The number of fused-ring (bicyclic) bond motifs is 2. The Hall–Kier alpha value is -2.58. The Kier molecular flexibility index (Phi) is 3.48. The topological polar surface area (TPSA) is 79.1 Å². The molecule has 0 atom stereocenters. The summed E-state index contributed by atoms with van der Waals surface area (Å²) >= 11 is 12.2. The molecule has 0 aliphatic rings. The van der Waals surface area contributed by atoms with Crippen molar-refractivity contribution in [1.82, 2.24) is 28.1 Å². The molecule has 8 nitrogen and oxygen atoms in total. The smallest absolute Gasteiger partial charge is 0.305 e. The van der Waals surface area contributed by atoms with Crippen molar-refractivity contribution in [3.8, 4) is 0 Å². The van der Waals surface area contributed by atoms with Crippen LogP contribution in [0.25, 0.3) is 16.8 Å². The second kappa shape index (κ2) is 5.47. The van der Waals surface area contributed by atoms with Crippen molar-refractivity contribution >= 4 is 40.0 Å². The van der Waals surface area contributed by atoms with Crippen LogP contribution in [-0.2, 0) is 20.6 Å². The van der Waals surface area contributed by atoms with E-state index in [4.69, 9.17) is 23.2 Å². The molecule has 4 aromatic heterocycles. The number of hydrogen-bond acceptors (Lipinski definition) is 4. The van der Waals surface area contributed by atoms with Crippen molar-refractivity contribution < 1.29 is 0 Å². The number of nitrogens with zero attached hydrogens (tertiary/aromatic N) is 6. The molecule has 0 aliphatic heterocycles. The molecule has 0 unspecified atom stereocenters. The van der Waals surface area contributed by atoms with E-state index in [-0.39, 0.29) is 23.0 Å². The van der Waals surface area contributed by atoms with E-state index in [0.29, 0.717) is 10.7 Å². The van der Waals surface area contributed by atoms with E-state index in [1.54, 1.807) is 40.5 Å². The quantitative estimate of drug-likeness (QED) is 0.494. The molecule has 0 aromatic carbocycles. The number of halogens is 2. The van der Waals surface area contributed by atoms with Crippen LogP contribution in [0.15, 0.2) is 34.1 Å². The van der Waals surface area contributed by atoms with Gasteiger partial charge in [0.25, 0.3) is 5.56 Å². The third kappa shape index (κ3) is 2.37. The zero-order valence-corrected chi connectivity index (χ0v) is 14.8. The molecule has 0 saturated carbocycles. The highest BCUT2D eigenvalue weighted by Gasteiger charge is 2.19. The minimum Gasteiger partial charge on any atom is -0.305 e. The Morgan fingerprint density at radius 1 is 1.04 bits per heavy atom. The van der Waals surface area contributed by atoms with Gasteiger partial charge in [-0.25, -0.2) is 9.78 Å². The number of pyridine rings is 1. The second-order valence-corrected chi connectivity index (χ2v) is 6.46. The van der Waals surface area contributed by atoms with Gasteiger partial charge in [-0.1, -0.05) is 11.6 Å². The van der Waals surface area contributed by atoms with Crippen molar-refractivity contribution in [2.24, 2.45) is 14.1 Å². The maximum atomic E-state index is 12.5. The van der Waals surface area contributed by atoms with Crippen LogP contribution >= 0.6 is 23.2 Å². The van der Waals surface area contributed by atoms with E-state index in [0.717, 1.165) is 10.2 Å². The lowest BCUT2D eigenvalue weighted by Gasteiger charge is -2.05. The van der Waals surface area contributed by atoms with Gasteiger partial charge < -0.3 is 8.97 Å². The zero-order chi connectivity index (χ0) is 17.9. The van der Waals surface area contributed by atoms with Crippen molar-refractivity contribution in [1.29, 1.82) is 0 Å². The Labute approximate surface area is 150 Å². The average molecular weight is 379 g/mol. The molecule has 10 heteroatoms. The summed E-state index contributed by atoms with van der Waals surface area (Å²) in [6, 6.07) is 3.54. The van der Waals surface area contributed by atoms with Gasteiger partial charge in [-0.15, -0.1) is 0 Å². The maximum absolute atomic E-state index is 12.5. The fourth-order valence-electron chi connectivity index (χ4n) is 2.82. The van der Waals surface area contributed by atoms with Crippen LogP contribution in [0.3, 0.4) is 0 Å². The maximum Gasteiger partial charge on any atom is 0.332 e. The first-order valence-corrected chi connectivity index (χ1v) is 8.07. The molecule has 25 heavy (non-hydrogen) atoms. The normalized spacial score (nSPS) is 11.7. The van der Waals surface area contributed by atoms with Crippen molar-refractivity contribution in [2.45, 2.75) is 6.54 Å². The van der Waals surface area contributed by atoms with Gasteiger partial charge in [0, 0.05) is 26.5 Å². The summed E-state index contributed by atoms with van der Waals surface area (Å²) in [5.41, 5.74) is 0.986. The summed E-state index contributed by atoms with van der Waals surface area (Å²) in [4.78, 5) is 33.2. The number of hydrogen-bond donors (Lipinski definition) is 0. The predicted octanol–water partition coefficient (Wildman–Crippen LogP) is 1.44. The monoisotopic (exact) mass is 378 g/mol. The van der Waals surface area contributed by atoms with Gasteiger partial charge in [-0.2, -0.15) is 4.98 Å². The molecule has 0 aliphatic carbocycles. The standard InChI is InChI=1S/C15H12Cl2N6O2/c1-20-12-11(13(24)21(2)15(20)25)23(14(17)19-12)7-9-6-22-5-8(16)3-4-10(22)18-9/h3-6H,7H2,1-2H3. The second-order valence-electron chi connectivity index (χ2n) is 5.69. The van der Waals surface area contributed by atoms with Crippen LogP contribution in [0.5, 0.6) is 0 Å². The van der Waals surface area contributed by atoms with Crippen LogP contribution in [0.1, 0.15) is 5.69 Å². The van der Waals surface area contributed by atoms with Crippen LogP contribution < -0.4 is 11.2 Å². The molecule has 4 aromatic rings. The lowest BCUT2D eigenvalue weighted by molar-refractivity contribution is 0.701. The summed E-state index contributed by atoms with van der Waals surface area (Å²) in [5.74, 6) is 0. The summed E-state index contributed by atoms with van der Waals surface area (Å²) in [5, 5.41) is 0.704. The van der Waals surface area contributed by atoms with E-state index in [1.165, 1.54) is 11.6 Å². The van der Waals surface area contributed by atoms with E-state index >= 15 is 0 Å². The molecule has 0 spiro atoms. The largest absolute Gasteiger partial charge is 0.332 e. The molecule has 128 valence electrons. The summed E-state index contributed by atoms with van der Waals surface area (Å²) < 4.78 is 5.66. The number of rotatable bonds is 2. The SMILES string of the molecule is Cn1c(=O)c2c(nc(Cl)n2Cc2cn3cc(Cl)ccc3n2)n(C)c1=O. The Bertz CT molecular complexity index is 1260. The highest BCUT2D eigenvalue weighted by Crippen LogP contribution is 2.18. The lowest BCUT2D eigenvalue weighted by Crippen LogP contribution is -2.37. The fraction of sp³-hybridized carbons (Fsp3) is 0.200. The third-order valence-corrected chi connectivity index (χ3v) is 4.60. The number of aryl methyl sites for hydroxylation is 1. The van der Waals surface area contributed by atoms with Crippen molar-refractivity contribution in [2.75, 3.05) is 0 Å². The Morgan fingerprint density at radius 3 is 2.56 bits per heavy atom. The van der Waals surface area contributed by atoms with Crippen LogP contribution in [0, 0.1) is 0 Å². The van der Waals surface area contributed by atoms with Crippen LogP contribution in [0.4, 0.5) is 0 Å². The summed E-state index contributed by atoms with van der Waals surface area (Å²) in [7, 11) is 2.97. The van der Waals surface area contributed by atoms with Gasteiger partial charge in [0.15, 0.2) is 11.2 Å². The van der Waals surface area contributed by atoms with Gasteiger partial charge in [0.1, 0.15) is 5.65 Å². The van der Waals surface area contributed by atoms with Gasteiger partial charge in [0.2, 0.25) is 5.28 Å². The summed E-state index contributed by atoms with van der Waals surface area (Å²) in [6.07, 6.45) is 3.54. The van der Waals surface area contributed by atoms with Gasteiger partial charge in [-0.3, -0.25) is 13.9 Å². The molecule has 0 amide bonds. The molecule has 4 heterocycles. The first kappa shape index (κ1) is 15.9. The highest BCUT2D eigenvalue weighted by atomic mass is 35.5. The Morgan fingerprint density at radius 2 is 1.80 bits per heavy atom. The number of imidazole rings is 2. The molecule has 0 fully saturated rings. The van der Waals surface area contributed by atoms with Crippen LogP contribution in [0.2, 0.25) is 10.3 Å². The third-order valence-electron chi connectivity index (χ3n) is 4.09. The first-order valence-electron chi connectivity index (χ1n) is 7.31. The molecule has 0 bridgehead atoms. The molecular formula is C15H12Cl2N6O2.